The van der Waals surface area contributed by atoms with Gasteiger partial charge >= 0.3 is 0 Å². The Morgan fingerprint density at radius 1 is 0.704 bits per heavy atom. The number of furan rings is 1. The van der Waals surface area contributed by atoms with Gasteiger partial charge in [-0.25, -0.2) is 0 Å². The lowest BCUT2D eigenvalue weighted by molar-refractivity contribution is 0.314. The van der Waals surface area contributed by atoms with Crippen molar-refractivity contribution in [3.63, 3.8) is 0 Å². The SMILES string of the molecule is CCCNCCOc1ccc2oc3ccc(OCCNCCC)cc3c2c1. The average Bonchev–Trinajstić information content (AvgIpc) is 3.05. The zero-order valence-corrected chi connectivity index (χ0v) is 16.3. The summed E-state index contributed by atoms with van der Waals surface area (Å²) < 4.78 is 17.7. The molecule has 0 amide bonds. The molecule has 5 nitrogen and oxygen atoms in total. The Balaban J connectivity index is 1.68. The first-order valence-electron chi connectivity index (χ1n) is 9.95. The van der Waals surface area contributed by atoms with Crippen molar-refractivity contribution in [1.29, 1.82) is 0 Å². The third kappa shape index (κ3) is 5.37. The molecule has 27 heavy (non-hydrogen) atoms. The van der Waals surface area contributed by atoms with E-state index in [4.69, 9.17) is 13.9 Å². The normalized spacial score (nSPS) is 11.3. The van der Waals surface area contributed by atoms with E-state index in [1.54, 1.807) is 0 Å². The molecule has 5 heteroatoms. The average molecular weight is 370 g/mol. The van der Waals surface area contributed by atoms with Gasteiger partial charge in [-0.2, -0.15) is 0 Å². The Morgan fingerprint density at radius 3 is 1.63 bits per heavy atom. The lowest BCUT2D eigenvalue weighted by Gasteiger charge is -2.07. The maximum Gasteiger partial charge on any atom is 0.135 e. The van der Waals surface area contributed by atoms with Crippen LogP contribution in [0.3, 0.4) is 0 Å². The molecule has 0 aliphatic carbocycles. The van der Waals surface area contributed by atoms with Crippen LogP contribution in [0.4, 0.5) is 0 Å². The Labute approximate surface area is 161 Å². The Kier molecular flexibility index (Phi) is 7.36. The molecule has 3 aromatic rings. The fourth-order valence-electron chi connectivity index (χ4n) is 3.00. The monoisotopic (exact) mass is 370 g/mol. The third-order valence-electron chi connectivity index (χ3n) is 4.36. The molecule has 1 aromatic heterocycles. The van der Waals surface area contributed by atoms with Crippen LogP contribution in [0.2, 0.25) is 0 Å². The van der Waals surface area contributed by atoms with Crippen LogP contribution in [-0.2, 0) is 0 Å². The highest BCUT2D eigenvalue weighted by Crippen LogP contribution is 2.33. The molecule has 0 spiro atoms. The lowest BCUT2D eigenvalue weighted by Crippen LogP contribution is -2.21. The molecule has 0 atom stereocenters. The molecule has 0 unspecified atom stereocenters. The number of benzene rings is 2. The van der Waals surface area contributed by atoms with Gasteiger partial charge in [-0.1, -0.05) is 13.8 Å². The van der Waals surface area contributed by atoms with Crippen LogP contribution < -0.4 is 20.1 Å². The maximum absolute atomic E-state index is 5.94. The van der Waals surface area contributed by atoms with Crippen LogP contribution in [0.15, 0.2) is 40.8 Å². The van der Waals surface area contributed by atoms with Crippen molar-refractivity contribution in [3.8, 4) is 11.5 Å². The van der Waals surface area contributed by atoms with Gasteiger partial charge in [-0.15, -0.1) is 0 Å². The molecule has 0 radical (unpaired) electrons. The number of ether oxygens (including phenoxy) is 2. The van der Waals surface area contributed by atoms with E-state index in [0.29, 0.717) is 13.2 Å². The number of hydrogen-bond donors (Lipinski definition) is 2. The number of rotatable bonds is 12. The van der Waals surface area contributed by atoms with Crippen molar-refractivity contribution in [2.24, 2.45) is 0 Å². The lowest BCUT2D eigenvalue weighted by atomic mass is 10.1. The highest BCUT2D eigenvalue weighted by atomic mass is 16.5. The summed E-state index contributed by atoms with van der Waals surface area (Å²) in [6, 6.07) is 12.0. The number of hydrogen-bond acceptors (Lipinski definition) is 5. The zero-order valence-electron chi connectivity index (χ0n) is 16.3. The fraction of sp³-hybridized carbons (Fsp3) is 0.455. The van der Waals surface area contributed by atoms with Crippen molar-refractivity contribution < 1.29 is 13.9 Å². The van der Waals surface area contributed by atoms with E-state index < -0.39 is 0 Å². The second-order valence-electron chi connectivity index (χ2n) is 6.61. The van der Waals surface area contributed by atoms with Crippen LogP contribution in [0.25, 0.3) is 21.9 Å². The second-order valence-corrected chi connectivity index (χ2v) is 6.61. The molecule has 0 aliphatic heterocycles. The van der Waals surface area contributed by atoms with E-state index in [1.165, 1.54) is 0 Å². The number of fused-ring (bicyclic) bond motifs is 3. The molecule has 2 aromatic carbocycles. The molecular weight excluding hydrogens is 340 g/mol. The summed E-state index contributed by atoms with van der Waals surface area (Å²) in [5.74, 6) is 1.72. The van der Waals surface area contributed by atoms with Crippen LogP contribution in [0, 0.1) is 0 Å². The standard InChI is InChI=1S/C22H30N2O3/c1-3-9-23-11-13-25-17-5-7-21-19(15-17)20-16-18(6-8-22(20)27-21)26-14-12-24-10-4-2/h5-8,15-16,23-24H,3-4,9-14H2,1-2H3. The topological polar surface area (TPSA) is 55.7 Å². The minimum absolute atomic E-state index is 0.653. The summed E-state index contributed by atoms with van der Waals surface area (Å²) in [5.41, 5.74) is 1.73. The molecule has 0 fully saturated rings. The number of nitrogens with one attached hydrogen (secondary N) is 2. The van der Waals surface area contributed by atoms with Crippen molar-refractivity contribution >= 4 is 21.9 Å². The third-order valence-corrected chi connectivity index (χ3v) is 4.36. The van der Waals surface area contributed by atoms with E-state index >= 15 is 0 Å². The summed E-state index contributed by atoms with van der Waals surface area (Å²) in [6.45, 7) is 9.36. The van der Waals surface area contributed by atoms with Crippen LogP contribution >= 0.6 is 0 Å². The van der Waals surface area contributed by atoms with E-state index in [2.05, 4.69) is 24.5 Å². The predicted molar refractivity (Wildman–Crippen MR) is 111 cm³/mol. The van der Waals surface area contributed by atoms with E-state index in [1.807, 2.05) is 36.4 Å². The summed E-state index contributed by atoms with van der Waals surface area (Å²) in [4.78, 5) is 0. The van der Waals surface area contributed by atoms with Crippen LogP contribution in [-0.4, -0.2) is 39.4 Å². The van der Waals surface area contributed by atoms with Crippen molar-refractivity contribution in [2.45, 2.75) is 26.7 Å². The van der Waals surface area contributed by atoms with Gasteiger partial charge in [0.25, 0.3) is 0 Å². The van der Waals surface area contributed by atoms with Gasteiger partial charge in [0.05, 0.1) is 0 Å². The van der Waals surface area contributed by atoms with E-state index in [-0.39, 0.29) is 0 Å². The Morgan fingerprint density at radius 2 is 1.19 bits per heavy atom. The Bertz CT molecular complexity index is 776. The zero-order chi connectivity index (χ0) is 18.9. The second kappa shape index (κ2) is 10.2. The molecule has 1 heterocycles. The summed E-state index contributed by atoms with van der Waals surface area (Å²) in [7, 11) is 0. The van der Waals surface area contributed by atoms with Crippen molar-refractivity contribution in [2.75, 3.05) is 39.4 Å². The van der Waals surface area contributed by atoms with Crippen molar-refractivity contribution in [3.05, 3.63) is 36.4 Å². The molecule has 2 N–H and O–H groups in total. The minimum atomic E-state index is 0.653. The smallest absolute Gasteiger partial charge is 0.135 e. The largest absolute Gasteiger partial charge is 0.492 e. The van der Waals surface area contributed by atoms with Gasteiger partial charge in [-0.3, -0.25) is 0 Å². The van der Waals surface area contributed by atoms with Gasteiger partial charge in [0, 0.05) is 23.9 Å². The molecule has 0 bridgehead atoms. The predicted octanol–water partition coefficient (Wildman–Crippen LogP) is 4.34. The molecular formula is C22H30N2O3. The first kappa shape index (κ1) is 19.5. The minimum Gasteiger partial charge on any atom is -0.492 e. The van der Waals surface area contributed by atoms with Gasteiger partial charge in [-0.05, 0) is 62.3 Å². The molecule has 0 saturated heterocycles. The first-order valence-corrected chi connectivity index (χ1v) is 9.95. The quantitative estimate of drug-likeness (QED) is 0.465. The van der Waals surface area contributed by atoms with Gasteiger partial charge < -0.3 is 24.5 Å². The molecule has 0 aliphatic rings. The van der Waals surface area contributed by atoms with Crippen LogP contribution in [0.1, 0.15) is 26.7 Å². The maximum atomic E-state index is 5.94. The Hall–Kier alpha value is -2.24. The van der Waals surface area contributed by atoms with Gasteiger partial charge in [0.2, 0.25) is 0 Å². The highest BCUT2D eigenvalue weighted by molar-refractivity contribution is 6.05. The first-order chi connectivity index (χ1) is 13.3. The van der Waals surface area contributed by atoms with Crippen molar-refractivity contribution in [1.82, 2.24) is 10.6 Å². The summed E-state index contributed by atoms with van der Waals surface area (Å²) in [5, 5.41) is 8.79. The molecule has 0 saturated carbocycles. The van der Waals surface area contributed by atoms with Gasteiger partial charge in [0.1, 0.15) is 35.9 Å². The molecule has 3 rings (SSSR count). The molecule has 146 valence electrons. The summed E-state index contributed by atoms with van der Waals surface area (Å²) >= 11 is 0. The van der Waals surface area contributed by atoms with Crippen LogP contribution in [0.5, 0.6) is 11.5 Å². The van der Waals surface area contributed by atoms with E-state index in [9.17, 15) is 0 Å². The fourth-order valence-corrected chi connectivity index (χ4v) is 3.00. The van der Waals surface area contributed by atoms with Gasteiger partial charge in [0.15, 0.2) is 0 Å². The van der Waals surface area contributed by atoms with E-state index in [0.717, 1.165) is 72.5 Å². The highest BCUT2D eigenvalue weighted by Gasteiger charge is 2.09. The summed E-state index contributed by atoms with van der Waals surface area (Å²) in [6.07, 6.45) is 2.26.